The van der Waals surface area contributed by atoms with Crippen molar-refractivity contribution >= 4 is 11.8 Å². The third-order valence-corrected chi connectivity index (χ3v) is 3.74. The van der Waals surface area contributed by atoms with Crippen LogP contribution in [0.1, 0.15) is 32.8 Å². The molecule has 0 unspecified atom stereocenters. The molecular formula is C17H26FN3O2. The Morgan fingerprint density at radius 3 is 2.61 bits per heavy atom. The summed E-state index contributed by atoms with van der Waals surface area (Å²) in [4.78, 5) is 15.8. The monoisotopic (exact) mass is 323 g/mol. The summed E-state index contributed by atoms with van der Waals surface area (Å²) >= 11 is 0. The molecule has 5 nitrogen and oxygen atoms in total. The number of ether oxygens (including phenoxy) is 1. The zero-order valence-corrected chi connectivity index (χ0v) is 14.1. The molecule has 0 aliphatic carbocycles. The van der Waals surface area contributed by atoms with E-state index >= 15 is 0 Å². The lowest BCUT2D eigenvalue weighted by molar-refractivity contribution is 0.0263. The highest BCUT2D eigenvalue weighted by Gasteiger charge is 2.25. The first-order chi connectivity index (χ1) is 10.8. The van der Waals surface area contributed by atoms with Crippen LogP contribution in [-0.4, -0.2) is 42.8 Å². The average molecular weight is 323 g/mol. The van der Waals surface area contributed by atoms with Crippen LogP contribution in [0.2, 0.25) is 0 Å². The molecule has 0 saturated carbocycles. The summed E-state index contributed by atoms with van der Waals surface area (Å²) in [6, 6.07) is 5.08. The standard InChI is InChI=1S/C17H26FN3O2/c1-17(2,3)23-16(22)21-8-4-7-20(9-10-21)15-6-5-13(12-19)11-14(15)18/h5-6,11H,4,7-10,12,19H2,1-3H3. The molecule has 0 bridgehead atoms. The van der Waals surface area contributed by atoms with Gasteiger partial charge in [0.15, 0.2) is 0 Å². The Morgan fingerprint density at radius 1 is 1.26 bits per heavy atom. The highest BCUT2D eigenvalue weighted by molar-refractivity contribution is 5.68. The number of nitrogens with two attached hydrogens (primary N) is 1. The Balaban J connectivity index is 2.02. The maximum Gasteiger partial charge on any atom is 0.410 e. The number of halogens is 1. The molecule has 0 atom stereocenters. The largest absolute Gasteiger partial charge is 0.444 e. The van der Waals surface area contributed by atoms with E-state index in [1.165, 1.54) is 6.07 Å². The van der Waals surface area contributed by atoms with Gasteiger partial charge in [0.1, 0.15) is 11.4 Å². The summed E-state index contributed by atoms with van der Waals surface area (Å²) < 4.78 is 19.6. The average Bonchev–Trinajstić information content (AvgIpc) is 2.71. The SMILES string of the molecule is CC(C)(C)OC(=O)N1CCCN(c2ccc(CN)cc2F)CC1. The minimum absolute atomic E-state index is 0.265. The molecule has 0 spiro atoms. The number of anilines is 1. The van der Waals surface area contributed by atoms with Crippen LogP contribution in [0.4, 0.5) is 14.9 Å². The smallest absolute Gasteiger partial charge is 0.410 e. The van der Waals surface area contributed by atoms with Gasteiger partial charge in [-0.15, -0.1) is 0 Å². The molecule has 1 fully saturated rings. The summed E-state index contributed by atoms with van der Waals surface area (Å²) in [5, 5.41) is 0. The van der Waals surface area contributed by atoms with Gasteiger partial charge < -0.3 is 20.3 Å². The van der Waals surface area contributed by atoms with E-state index in [-0.39, 0.29) is 11.9 Å². The fourth-order valence-electron chi connectivity index (χ4n) is 2.60. The molecule has 1 heterocycles. The Bertz CT molecular complexity index is 557. The first-order valence-corrected chi connectivity index (χ1v) is 8.01. The molecule has 2 N–H and O–H groups in total. The van der Waals surface area contributed by atoms with E-state index in [0.29, 0.717) is 38.4 Å². The molecule has 6 heteroatoms. The van der Waals surface area contributed by atoms with Crippen LogP contribution >= 0.6 is 0 Å². The fraction of sp³-hybridized carbons (Fsp3) is 0.588. The van der Waals surface area contributed by atoms with Gasteiger partial charge in [-0.05, 0) is 44.9 Å². The van der Waals surface area contributed by atoms with Crippen molar-refractivity contribution in [2.75, 3.05) is 31.1 Å². The van der Waals surface area contributed by atoms with E-state index < -0.39 is 5.60 Å². The predicted octanol–water partition coefficient (Wildman–Crippen LogP) is 2.73. The van der Waals surface area contributed by atoms with Gasteiger partial charge in [-0.2, -0.15) is 0 Å². The molecule has 1 amide bonds. The van der Waals surface area contributed by atoms with Gasteiger partial charge in [-0.3, -0.25) is 0 Å². The van der Waals surface area contributed by atoms with Gasteiger partial charge >= 0.3 is 6.09 Å². The number of carbonyl (C=O) groups excluding carboxylic acids is 1. The summed E-state index contributed by atoms with van der Waals surface area (Å²) in [7, 11) is 0. The van der Waals surface area contributed by atoms with Crippen molar-refractivity contribution in [3.05, 3.63) is 29.6 Å². The minimum atomic E-state index is -0.507. The highest BCUT2D eigenvalue weighted by atomic mass is 19.1. The van der Waals surface area contributed by atoms with Crippen LogP contribution in [0.3, 0.4) is 0 Å². The maximum atomic E-state index is 14.2. The van der Waals surface area contributed by atoms with E-state index in [1.807, 2.05) is 31.7 Å². The third-order valence-electron chi connectivity index (χ3n) is 3.74. The van der Waals surface area contributed by atoms with Gasteiger partial charge in [0, 0.05) is 32.7 Å². The second-order valence-corrected chi connectivity index (χ2v) is 6.80. The molecule has 0 aromatic heterocycles. The number of amides is 1. The molecule has 0 radical (unpaired) electrons. The zero-order valence-electron chi connectivity index (χ0n) is 14.1. The summed E-state index contributed by atoms with van der Waals surface area (Å²) in [6.07, 6.45) is 0.468. The van der Waals surface area contributed by atoms with Gasteiger partial charge in [-0.25, -0.2) is 9.18 Å². The van der Waals surface area contributed by atoms with Crippen LogP contribution in [0.25, 0.3) is 0 Å². The highest BCUT2D eigenvalue weighted by Crippen LogP contribution is 2.22. The van der Waals surface area contributed by atoms with Crippen molar-refractivity contribution < 1.29 is 13.9 Å². The lowest BCUT2D eigenvalue weighted by Gasteiger charge is -2.27. The van der Waals surface area contributed by atoms with Crippen LogP contribution in [0.15, 0.2) is 18.2 Å². The van der Waals surface area contributed by atoms with Crippen molar-refractivity contribution in [1.29, 1.82) is 0 Å². The molecule has 1 saturated heterocycles. The second kappa shape index (κ2) is 7.17. The lowest BCUT2D eigenvalue weighted by Crippen LogP contribution is -2.39. The summed E-state index contributed by atoms with van der Waals surface area (Å²) in [5.41, 5.74) is 6.37. The quantitative estimate of drug-likeness (QED) is 0.909. The minimum Gasteiger partial charge on any atom is -0.444 e. The number of hydrogen-bond donors (Lipinski definition) is 1. The normalized spacial score (nSPS) is 16.2. The molecule has 1 aromatic rings. The number of hydrogen-bond acceptors (Lipinski definition) is 4. The molecule has 2 rings (SSSR count). The van der Waals surface area contributed by atoms with E-state index in [4.69, 9.17) is 10.5 Å². The van der Waals surface area contributed by atoms with E-state index in [2.05, 4.69) is 0 Å². The van der Waals surface area contributed by atoms with E-state index in [1.54, 1.807) is 11.0 Å². The second-order valence-electron chi connectivity index (χ2n) is 6.80. The Kier molecular flexibility index (Phi) is 5.46. The van der Waals surface area contributed by atoms with Gasteiger partial charge in [-0.1, -0.05) is 6.07 Å². The molecule has 1 aliphatic heterocycles. The molecule has 128 valence electrons. The fourth-order valence-corrected chi connectivity index (χ4v) is 2.60. The first kappa shape index (κ1) is 17.5. The Hall–Kier alpha value is -1.82. The lowest BCUT2D eigenvalue weighted by atomic mass is 10.2. The van der Waals surface area contributed by atoms with Crippen molar-refractivity contribution in [3.63, 3.8) is 0 Å². The van der Waals surface area contributed by atoms with Crippen molar-refractivity contribution in [1.82, 2.24) is 4.90 Å². The van der Waals surface area contributed by atoms with E-state index in [0.717, 1.165) is 12.0 Å². The first-order valence-electron chi connectivity index (χ1n) is 8.01. The van der Waals surface area contributed by atoms with Crippen LogP contribution in [0.5, 0.6) is 0 Å². The van der Waals surface area contributed by atoms with Crippen LogP contribution in [0, 0.1) is 5.82 Å². The van der Waals surface area contributed by atoms with Crippen molar-refractivity contribution in [3.8, 4) is 0 Å². The number of rotatable bonds is 2. The Morgan fingerprint density at radius 2 is 2.00 bits per heavy atom. The van der Waals surface area contributed by atoms with Crippen LogP contribution in [-0.2, 0) is 11.3 Å². The predicted molar refractivity (Wildman–Crippen MR) is 88.9 cm³/mol. The van der Waals surface area contributed by atoms with E-state index in [9.17, 15) is 9.18 Å². The van der Waals surface area contributed by atoms with Crippen molar-refractivity contribution in [2.24, 2.45) is 5.73 Å². The van der Waals surface area contributed by atoms with Crippen molar-refractivity contribution in [2.45, 2.75) is 39.3 Å². The summed E-state index contributed by atoms with van der Waals surface area (Å²) in [5.74, 6) is -0.265. The Labute approximate surface area is 137 Å². The number of nitrogens with zero attached hydrogens (tertiary/aromatic N) is 2. The van der Waals surface area contributed by atoms with Gasteiger partial charge in [0.2, 0.25) is 0 Å². The molecule has 1 aliphatic rings. The molecule has 1 aromatic carbocycles. The van der Waals surface area contributed by atoms with Gasteiger partial charge in [0.25, 0.3) is 0 Å². The third kappa shape index (κ3) is 4.82. The molecular weight excluding hydrogens is 297 g/mol. The van der Waals surface area contributed by atoms with Gasteiger partial charge in [0.05, 0.1) is 5.69 Å². The summed E-state index contributed by atoms with van der Waals surface area (Å²) in [6.45, 7) is 8.30. The molecule has 23 heavy (non-hydrogen) atoms. The number of carbonyl (C=O) groups is 1. The number of benzene rings is 1. The topological polar surface area (TPSA) is 58.8 Å². The maximum absolute atomic E-state index is 14.2. The van der Waals surface area contributed by atoms with Crippen LogP contribution < -0.4 is 10.6 Å². The zero-order chi connectivity index (χ0) is 17.0.